The first-order chi connectivity index (χ1) is 18.8. The highest BCUT2D eigenvalue weighted by Gasteiger charge is 2.62. The van der Waals surface area contributed by atoms with E-state index in [1.54, 1.807) is 0 Å². The molecule has 6 nitrogen and oxygen atoms in total. The molecule has 0 saturated heterocycles. The third-order valence-corrected chi connectivity index (χ3v) is 14.4. The average Bonchev–Trinajstić information content (AvgIpc) is 2.83. The molecule has 0 aromatic heterocycles. The van der Waals surface area contributed by atoms with E-state index in [0.717, 1.165) is 19.3 Å². The molecule has 0 N–H and O–H groups in total. The van der Waals surface area contributed by atoms with E-state index in [1.807, 2.05) is 62.3 Å². The summed E-state index contributed by atoms with van der Waals surface area (Å²) in [6.07, 6.45) is 6.21. The average molecular weight is 643 g/mol. The van der Waals surface area contributed by atoms with Gasteiger partial charge in [0.05, 0.1) is 22.3 Å². The van der Waals surface area contributed by atoms with Gasteiger partial charge in [-0.1, -0.05) is 41.5 Å². The second-order valence-electron chi connectivity index (χ2n) is 14.0. The van der Waals surface area contributed by atoms with E-state index >= 15 is 0 Å². The molecule has 41 heavy (non-hydrogen) atoms. The van der Waals surface area contributed by atoms with Gasteiger partial charge in [0.25, 0.3) is 0 Å². The second kappa shape index (κ2) is 12.2. The van der Waals surface area contributed by atoms with Crippen LogP contribution in [0.25, 0.3) is 0 Å². The number of hydrogen-bond acceptors (Lipinski definition) is 9. The van der Waals surface area contributed by atoms with Crippen LogP contribution in [0.1, 0.15) is 120 Å². The molecule has 0 heterocycles. The second-order valence-corrected chi connectivity index (χ2v) is 21.8. The van der Waals surface area contributed by atoms with Crippen LogP contribution in [0.4, 0.5) is 0 Å². The molecule has 0 radical (unpaired) electrons. The number of carbonyl (C=O) groups excluding carboxylic acids is 3. The van der Waals surface area contributed by atoms with Crippen LogP contribution in [0.5, 0.6) is 0 Å². The van der Waals surface area contributed by atoms with Crippen LogP contribution < -0.4 is 0 Å². The highest BCUT2D eigenvalue weighted by Crippen LogP contribution is 2.68. The van der Waals surface area contributed by atoms with Gasteiger partial charge < -0.3 is 14.2 Å². The van der Waals surface area contributed by atoms with Crippen molar-refractivity contribution < 1.29 is 28.6 Å². The van der Waals surface area contributed by atoms with E-state index in [1.165, 1.54) is 11.4 Å². The summed E-state index contributed by atoms with van der Waals surface area (Å²) in [5, 5.41) is -1.73. The van der Waals surface area contributed by atoms with Crippen molar-refractivity contribution in [2.45, 2.75) is 142 Å². The predicted octanol–water partition coefficient (Wildman–Crippen LogP) is 8.65. The molecule has 0 aromatic carbocycles. The van der Waals surface area contributed by atoms with Gasteiger partial charge in [0, 0.05) is 33.0 Å². The summed E-state index contributed by atoms with van der Waals surface area (Å²) in [5.74, 6) is 6.56. The highest BCUT2D eigenvalue weighted by molar-refractivity contribution is 9.06. The van der Waals surface area contributed by atoms with Gasteiger partial charge in [-0.2, -0.15) is 0 Å². The Labute approximate surface area is 262 Å². The van der Waals surface area contributed by atoms with Crippen LogP contribution in [0.3, 0.4) is 0 Å². The van der Waals surface area contributed by atoms with Crippen molar-refractivity contribution in [2.75, 3.05) is 0 Å². The Balaban J connectivity index is 2.27. The number of rotatable bonds is 8. The lowest BCUT2D eigenvalue weighted by Gasteiger charge is -2.58. The van der Waals surface area contributed by atoms with E-state index in [2.05, 4.69) is 17.8 Å². The first kappa shape index (κ1) is 35.2. The summed E-state index contributed by atoms with van der Waals surface area (Å²) >= 11 is 10.7. The smallest absolute Gasteiger partial charge is 0.311 e. The molecule has 0 aliphatic heterocycles. The highest BCUT2D eigenvalue weighted by atomic mass is 33.3. The fourth-order valence-electron chi connectivity index (χ4n) is 6.76. The topological polar surface area (TPSA) is 78.9 Å². The zero-order valence-electron chi connectivity index (χ0n) is 26.1. The van der Waals surface area contributed by atoms with Crippen LogP contribution in [-0.2, 0) is 28.6 Å². The van der Waals surface area contributed by atoms with Crippen molar-refractivity contribution in [2.24, 2.45) is 16.2 Å². The van der Waals surface area contributed by atoms with E-state index in [9.17, 15) is 14.4 Å². The molecule has 3 fully saturated rings. The first-order valence-corrected chi connectivity index (χ1v) is 19.6. The fraction of sp³-hybridized carbons (Fsp3) is 0.806. The Morgan fingerprint density at radius 2 is 0.878 bits per heavy atom. The normalized spacial score (nSPS) is 34.4. The molecule has 10 heteroatoms. The van der Waals surface area contributed by atoms with Crippen molar-refractivity contribution in [1.82, 2.24) is 0 Å². The standard InChI is InChI=1S/C31H47O6PS3/c1-25(2)22(19-32)13-10-16-28(25,7)35-31(41-38(39)40,36-29(8)17-11-14-23(20-33)26(29,3)4)37-30(9)18-12-15-24(21-34)27(30,5)6/h39-40H,10-18H2,1-9H3. The van der Waals surface area contributed by atoms with Gasteiger partial charge in [0.15, 0.2) is 0 Å². The van der Waals surface area contributed by atoms with E-state index in [0.29, 0.717) is 55.2 Å². The van der Waals surface area contributed by atoms with Crippen LogP contribution in [0.15, 0.2) is 16.7 Å². The van der Waals surface area contributed by atoms with Crippen molar-refractivity contribution in [3.8, 4) is 0 Å². The number of hydrogen-bond donors (Lipinski definition) is 2. The largest absolute Gasteiger partial charge is 0.344 e. The summed E-state index contributed by atoms with van der Waals surface area (Å²) < 4.78 is 21.6. The third kappa shape index (κ3) is 6.30. The minimum Gasteiger partial charge on any atom is -0.311 e. The van der Waals surface area contributed by atoms with Crippen LogP contribution >= 0.6 is 41.4 Å². The van der Waals surface area contributed by atoms with Gasteiger partial charge in [0.2, 0.25) is 0 Å². The number of thiol groups is 2. The van der Waals surface area contributed by atoms with Gasteiger partial charge in [0.1, 0.15) is 17.8 Å². The van der Waals surface area contributed by atoms with Gasteiger partial charge >= 0.3 is 5.31 Å². The van der Waals surface area contributed by atoms with Crippen LogP contribution in [0, 0.1) is 16.2 Å². The SMILES string of the molecule is CC1(OC(OC2(C)CCCC(=C=O)C2(C)C)(OC2(C)CCCC(=C=O)C2(C)C)SP(S)S)CCCC(=C=O)C1(C)C. The Morgan fingerprint density at radius 3 is 1.10 bits per heavy atom. The molecule has 3 unspecified atom stereocenters. The third-order valence-electron chi connectivity index (χ3n) is 11.1. The predicted molar refractivity (Wildman–Crippen MR) is 174 cm³/mol. The molecule has 3 rings (SSSR count). The summed E-state index contributed by atoms with van der Waals surface area (Å²) in [7, 11) is 0. The van der Waals surface area contributed by atoms with Gasteiger partial charge in [-0.25, -0.2) is 14.4 Å². The van der Waals surface area contributed by atoms with Crippen molar-refractivity contribution in [3.05, 3.63) is 16.7 Å². The Bertz CT molecular complexity index is 1040. The van der Waals surface area contributed by atoms with Crippen molar-refractivity contribution in [1.29, 1.82) is 0 Å². The Kier molecular flexibility index (Phi) is 10.5. The lowest BCUT2D eigenvalue weighted by molar-refractivity contribution is -0.431. The van der Waals surface area contributed by atoms with E-state index < -0.39 is 43.9 Å². The molecule has 230 valence electrons. The fourth-order valence-corrected chi connectivity index (χ4v) is 10.4. The minimum atomic E-state index is -1.73. The van der Waals surface area contributed by atoms with Crippen LogP contribution in [0.2, 0.25) is 0 Å². The lowest BCUT2D eigenvalue weighted by Crippen LogP contribution is -2.63. The first-order valence-electron chi connectivity index (χ1n) is 14.5. The van der Waals surface area contributed by atoms with Gasteiger partial charge in [-0.15, -0.1) is 24.5 Å². The molecule has 0 bridgehead atoms. The maximum absolute atomic E-state index is 12.1. The summed E-state index contributed by atoms with van der Waals surface area (Å²) in [6.45, 7) is 18.0. The number of ether oxygens (including phenoxy) is 3. The van der Waals surface area contributed by atoms with Gasteiger partial charge in [-0.05, 0) is 89.9 Å². The zero-order chi connectivity index (χ0) is 31.1. The monoisotopic (exact) mass is 642 g/mol. The zero-order valence-corrected chi connectivity index (χ0v) is 29.6. The molecular formula is C31H47O6PS3. The molecular weight excluding hydrogens is 596 g/mol. The maximum Gasteiger partial charge on any atom is 0.344 e. The Hall–Kier alpha value is -0.290. The van der Waals surface area contributed by atoms with Crippen LogP contribution in [-0.4, -0.2) is 39.9 Å². The molecule has 3 saturated carbocycles. The molecule has 3 aliphatic rings. The van der Waals surface area contributed by atoms with E-state index in [4.69, 9.17) is 38.7 Å². The summed E-state index contributed by atoms with van der Waals surface area (Å²) in [6, 6.07) is 0. The molecule has 3 aliphatic carbocycles. The quantitative estimate of drug-likeness (QED) is 0.119. The summed E-state index contributed by atoms with van der Waals surface area (Å²) in [5.41, 5.74) is -3.96. The molecule has 0 spiro atoms. The lowest BCUT2D eigenvalue weighted by atomic mass is 9.63. The Morgan fingerprint density at radius 1 is 0.610 bits per heavy atom. The van der Waals surface area contributed by atoms with E-state index in [-0.39, 0.29) is 0 Å². The van der Waals surface area contributed by atoms with Gasteiger partial charge in [-0.3, -0.25) is 0 Å². The summed E-state index contributed by atoms with van der Waals surface area (Å²) in [4.78, 5) is 36.2. The minimum absolute atomic E-state index is 0.652. The van der Waals surface area contributed by atoms with Crippen molar-refractivity contribution in [3.63, 3.8) is 0 Å². The maximum atomic E-state index is 12.1. The molecule has 0 amide bonds. The molecule has 3 atom stereocenters. The molecule has 0 aromatic rings. The van der Waals surface area contributed by atoms with Crippen molar-refractivity contribution >= 4 is 59.2 Å².